The Morgan fingerprint density at radius 3 is 3.00 bits per heavy atom. The Labute approximate surface area is 110 Å². The molecule has 18 heavy (non-hydrogen) atoms. The Kier molecular flexibility index (Phi) is 4.78. The number of hydrogen-bond donors (Lipinski definition) is 1. The van der Waals surface area contributed by atoms with Gasteiger partial charge in [-0.3, -0.25) is 4.68 Å². The second-order valence-electron chi connectivity index (χ2n) is 5.12. The molecule has 0 aromatic carbocycles. The summed E-state index contributed by atoms with van der Waals surface area (Å²) in [6.45, 7) is 10.2. The van der Waals surface area contributed by atoms with Gasteiger partial charge in [0, 0.05) is 13.1 Å². The minimum absolute atomic E-state index is 0.337. The van der Waals surface area contributed by atoms with Crippen molar-refractivity contribution in [1.82, 2.24) is 15.1 Å². The van der Waals surface area contributed by atoms with Crippen LogP contribution in [0.5, 0.6) is 0 Å². The minimum atomic E-state index is 0.337. The lowest BCUT2D eigenvalue weighted by molar-refractivity contribution is -0.00936. The molecule has 0 saturated carbocycles. The fourth-order valence-corrected chi connectivity index (χ4v) is 2.45. The predicted octanol–water partition coefficient (Wildman–Crippen LogP) is 1.98. The number of aryl methyl sites for hydroxylation is 2. The van der Waals surface area contributed by atoms with E-state index in [9.17, 15) is 0 Å². The molecular formula is C14H25N3O. The fourth-order valence-electron chi connectivity index (χ4n) is 2.45. The van der Waals surface area contributed by atoms with Crippen LogP contribution in [0.3, 0.4) is 0 Å². The summed E-state index contributed by atoms with van der Waals surface area (Å²) in [5, 5.41) is 7.95. The van der Waals surface area contributed by atoms with Crippen LogP contribution in [0.25, 0.3) is 0 Å². The molecule has 1 fully saturated rings. The first-order valence-electron chi connectivity index (χ1n) is 7.12. The third-order valence-corrected chi connectivity index (χ3v) is 3.78. The molecule has 1 saturated heterocycles. The summed E-state index contributed by atoms with van der Waals surface area (Å²) in [4.78, 5) is 0. The molecule has 4 nitrogen and oxygen atoms in total. The van der Waals surface area contributed by atoms with Gasteiger partial charge in [-0.15, -0.1) is 0 Å². The van der Waals surface area contributed by atoms with E-state index in [1.165, 1.54) is 12.1 Å². The van der Waals surface area contributed by atoms with Crippen LogP contribution in [0.4, 0.5) is 0 Å². The van der Waals surface area contributed by atoms with Gasteiger partial charge in [0.2, 0.25) is 0 Å². The van der Waals surface area contributed by atoms with Crippen LogP contribution in [0.1, 0.15) is 38.6 Å². The maximum atomic E-state index is 6.06. The first-order valence-corrected chi connectivity index (χ1v) is 7.12. The molecule has 102 valence electrons. The van der Waals surface area contributed by atoms with Gasteiger partial charge in [-0.1, -0.05) is 13.8 Å². The van der Waals surface area contributed by atoms with E-state index in [-0.39, 0.29) is 0 Å². The zero-order valence-corrected chi connectivity index (χ0v) is 11.8. The highest BCUT2D eigenvalue weighted by molar-refractivity contribution is 5.09. The van der Waals surface area contributed by atoms with Gasteiger partial charge in [-0.25, -0.2) is 0 Å². The molecule has 0 spiro atoms. The third-order valence-electron chi connectivity index (χ3n) is 3.78. The molecule has 0 amide bonds. The van der Waals surface area contributed by atoms with Crippen molar-refractivity contribution in [3.8, 4) is 0 Å². The molecule has 0 aliphatic carbocycles. The van der Waals surface area contributed by atoms with Gasteiger partial charge in [0.15, 0.2) is 0 Å². The van der Waals surface area contributed by atoms with Crippen LogP contribution < -0.4 is 5.32 Å². The molecule has 1 aromatic heterocycles. The van der Waals surface area contributed by atoms with Gasteiger partial charge in [0.1, 0.15) is 0 Å². The van der Waals surface area contributed by atoms with E-state index >= 15 is 0 Å². The first kappa shape index (κ1) is 13.6. The van der Waals surface area contributed by atoms with Crippen LogP contribution >= 0.6 is 0 Å². The summed E-state index contributed by atoms with van der Waals surface area (Å²) >= 11 is 0. The van der Waals surface area contributed by atoms with E-state index < -0.39 is 0 Å². The van der Waals surface area contributed by atoms with Crippen LogP contribution in [-0.4, -0.2) is 29.0 Å². The predicted molar refractivity (Wildman–Crippen MR) is 72.5 cm³/mol. The standard InChI is InChI=1S/C14H25N3O/c1-4-12-8-13(17(5-2)16-12)10-18-14-9-15-7-6-11(14)3/h8,11,14-15H,4-7,9-10H2,1-3H3. The summed E-state index contributed by atoms with van der Waals surface area (Å²) < 4.78 is 8.11. The second-order valence-corrected chi connectivity index (χ2v) is 5.12. The zero-order chi connectivity index (χ0) is 13.0. The number of rotatable bonds is 5. The van der Waals surface area contributed by atoms with Gasteiger partial charge >= 0.3 is 0 Å². The SMILES string of the molecule is CCc1cc(COC2CNCCC2C)n(CC)n1. The first-order chi connectivity index (χ1) is 8.74. The molecule has 0 bridgehead atoms. The molecule has 1 aliphatic rings. The van der Waals surface area contributed by atoms with Gasteiger partial charge in [-0.2, -0.15) is 5.10 Å². The van der Waals surface area contributed by atoms with Gasteiger partial charge in [-0.05, 0) is 38.3 Å². The van der Waals surface area contributed by atoms with Crippen molar-refractivity contribution in [1.29, 1.82) is 0 Å². The Hall–Kier alpha value is -0.870. The summed E-state index contributed by atoms with van der Waals surface area (Å²) in [5.41, 5.74) is 2.36. The van der Waals surface area contributed by atoms with E-state index in [4.69, 9.17) is 4.74 Å². The summed E-state index contributed by atoms with van der Waals surface area (Å²) in [6.07, 6.45) is 2.53. The average Bonchev–Trinajstić information content (AvgIpc) is 2.80. The number of ether oxygens (including phenoxy) is 1. The summed E-state index contributed by atoms with van der Waals surface area (Å²) in [7, 11) is 0. The molecule has 2 rings (SSSR count). The summed E-state index contributed by atoms with van der Waals surface area (Å²) in [5.74, 6) is 0.648. The van der Waals surface area contributed by atoms with Gasteiger partial charge < -0.3 is 10.1 Å². The van der Waals surface area contributed by atoms with Crippen LogP contribution in [0.15, 0.2) is 6.07 Å². The van der Waals surface area contributed by atoms with Gasteiger partial charge in [0.25, 0.3) is 0 Å². The lowest BCUT2D eigenvalue weighted by Crippen LogP contribution is -2.41. The number of aromatic nitrogens is 2. The zero-order valence-electron chi connectivity index (χ0n) is 11.8. The van der Waals surface area contributed by atoms with Gasteiger partial charge in [0.05, 0.1) is 24.1 Å². The van der Waals surface area contributed by atoms with Crippen molar-refractivity contribution in [2.75, 3.05) is 13.1 Å². The van der Waals surface area contributed by atoms with E-state index in [0.717, 1.165) is 31.7 Å². The van der Waals surface area contributed by atoms with Crippen LogP contribution in [-0.2, 0) is 24.3 Å². The largest absolute Gasteiger partial charge is 0.370 e. The van der Waals surface area contributed by atoms with E-state index in [2.05, 4.69) is 41.9 Å². The van der Waals surface area contributed by atoms with Crippen LogP contribution in [0.2, 0.25) is 0 Å². The van der Waals surface area contributed by atoms with Crippen molar-refractivity contribution >= 4 is 0 Å². The van der Waals surface area contributed by atoms with Crippen molar-refractivity contribution < 1.29 is 4.74 Å². The Balaban J connectivity index is 1.94. The van der Waals surface area contributed by atoms with Crippen molar-refractivity contribution in [3.63, 3.8) is 0 Å². The van der Waals surface area contributed by atoms with Crippen molar-refractivity contribution in [2.45, 2.75) is 52.9 Å². The highest BCUT2D eigenvalue weighted by Gasteiger charge is 2.22. The monoisotopic (exact) mass is 251 g/mol. The normalized spacial score (nSPS) is 24.4. The molecular weight excluding hydrogens is 226 g/mol. The summed E-state index contributed by atoms with van der Waals surface area (Å²) in [6, 6.07) is 2.17. The van der Waals surface area contributed by atoms with E-state index in [0.29, 0.717) is 18.6 Å². The molecule has 2 atom stereocenters. The number of nitrogens with one attached hydrogen (secondary N) is 1. The fraction of sp³-hybridized carbons (Fsp3) is 0.786. The highest BCUT2D eigenvalue weighted by atomic mass is 16.5. The molecule has 4 heteroatoms. The highest BCUT2D eigenvalue weighted by Crippen LogP contribution is 2.17. The minimum Gasteiger partial charge on any atom is -0.370 e. The lowest BCUT2D eigenvalue weighted by Gasteiger charge is -2.29. The maximum absolute atomic E-state index is 6.06. The molecule has 2 heterocycles. The van der Waals surface area contributed by atoms with Crippen molar-refractivity contribution in [3.05, 3.63) is 17.5 Å². The molecule has 1 aliphatic heterocycles. The third kappa shape index (κ3) is 3.12. The smallest absolute Gasteiger partial charge is 0.0889 e. The maximum Gasteiger partial charge on any atom is 0.0889 e. The van der Waals surface area contributed by atoms with E-state index in [1.54, 1.807) is 0 Å². The Morgan fingerprint density at radius 2 is 2.33 bits per heavy atom. The van der Waals surface area contributed by atoms with Crippen molar-refractivity contribution in [2.24, 2.45) is 5.92 Å². The quantitative estimate of drug-likeness (QED) is 0.869. The molecule has 1 N–H and O–H groups in total. The van der Waals surface area contributed by atoms with Crippen LogP contribution in [0, 0.1) is 5.92 Å². The Bertz CT molecular complexity index is 375. The van der Waals surface area contributed by atoms with E-state index in [1.807, 2.05) is 0 Å². The molecule has 2 unspecified atom stereocenters. The molecule has 1 aromatic rings. The average molecular weight is 251 g/mol. The molecule has 0 radical (unpaired) electrons. The number of hydrogen-bond acceptors (Lipinski definition) is 3. The second kappa shape index (κ2) is 6.34. The lowest BCUT2D eigenvalue weighted by atomic mass is 9.97. The number of nitrogens with zero attached hydrogens (tertiary/aromatic N) is 2. The topological polar surface area (TPSA) is 39.1 Å². The number of piperidine rings is 1. The Morgan fingerprint density at radius 1 is 1.50 bits per heavy atom.